The van der Waals surface area contributed by atoms with Gasteiger partial charge in [0.15, 0.2) is 0 Å². The van der Waals surface area contributed by atoms with Crippen LogP contribution in [0.4, 0.5) is 0 Å². The molecule has 3 heteroatoms. The highest BCUT2D eigenvalue weighted by atomic mass is 15.0. The van der Waals surface area contributed by atoms with E-state index in [-0.39, 0.29) is 5.54 Å². The number of H-pyrrole nitrogens is 1. The molecule has 0 saturated heterocycles. The quantitative estimate of drug-likeness (QED) is 0.765. The summed E-state index contributed by atoms with van der Waals surface area (Å²) >= 11 is 0. The monoisotopic (exact) mass is 257 g/mol. The highest BCUT2D eigenvalue weighted by Gasteiger charge is 2.31. The molecule has 1 aromatic heterocycles. The fraction of sp³-hybridized carbons (Fsp3) is 0.562. The van der Waals surface area contributed by atoms with Crippen molar-refractivity contribution in [3.63, 3.8) is 0 Å². The van der Waals surface area contributed by atoms with Gasteiger partial charge in [0.25, 0.3) is 0 Å². The van der Waals surface area contributed by atoms with Crippen LogP contribution >= 0.6 is 0 Å². The molecule has 1 aliphatic carbocycles. The Labute approximate surface area is 114 Å². The molecular formula is C16H23N3. The maximum atomic E-state index is 6.63. The maximum absolute atomic E-state index is 6.63. The number of fused-ring (bicyclic) bond motifs is 1. The average Bonchev–Trinajstić information content (AvgIpc) is 2.64. The average molecular weight is 257 g/mol. The van der Waals surface area contributed by atoms with Crippen LogP contribution in [-0.4, -0.2) is 9.97 Å². The highest BCUT2D eigenvalue weighted by molar-refractivity contribution is 5.77. The molecule has 3 rings (SSSR count). The topological polar surface area (TPSA) is 54.7 Å². The van der Waals surface area contributed by atoms with Gasteiger partial charge in [0.2, 0.25) is 0 Å². The molecule has 0 radical (unpaired) electrons. The van der Waals surface area contributed by atoms with Crippen LogP contribution < -0.4 is 5.73 Å². The van der Waals surface area contributed by atoms with Crippen molar-refractivity contribution in [2.45, 2.75) is 57.9 Å². The zero-order valence-electron chi connectivity index (χ0n) is 11.9. The number of hydrogen-bond acceptors (Lipinski definition) is 2. The van der Waals surface area contributed by atoms with E-state index in [2.05, 4.69) is 31.0 Å². The SMILES string of the molecule is Cc1cc2nc(C3(N)CCCCCC3)[nH]c2cc1C. The molecule has 2 aromatic rings. The number of imidazole rings is 1. The number of aromatic nitrogens is 2. The summed E-state index contributed by atoms with van der Waals surface area (Å²) in [6.07, 6.45) is 7.13. The molecule has 102 valence electrons. The minimum absolute atomic E-state index is 0.253. The summed E-state index contributed by atoms with van der Waals surface area (Å²) in [5, 5.41) is 0. The van der Waals surface area contributed by atoms with Gasteiger partial charge in [-0.25, -0.2) is 4.98 Å². The number of hydrogen-bond donors (Lipinski definition) is 2. The summed E-state index contributed by atoms with van der Waals surface area (Å²) < 4.78 is 0. The number of nitrogens with zero attached hydrogens (tertiary/aromatic N) is 1. The van der Waals surface area contributed by atoms with Gasteiger partial charge in [-0.3, -0.25) is 0 Å². The lowest BCUT2D eigenvalue weighted by molar-refractivity contribution is 0.366. The van der Waals surface area contributed by atoms with E-state index < -0.39 is 0 Å². The molecule has 0 amide bonds. The molecule has 1 fully saturated rings. The van der Waals surface area contributed by atoms with E-state index in [1.54, 1.807) is 0 Å². The Morgan fingerprint density at radius 2 is 1.68 bits per heavy atom. The minimum Gasteiger partial charge on any atom is -0.340 e. The maximum Gasteiger partial charge on any atom is 0.127 e. The Morgan fingerprint density at radius 3 is 2.37 bits per heavy atom. The van der Waals surface area contributed by atoms with Gasteiger partial charge in [-0.2, -0.15) is 0 Å². The third-order valence-corrected chi connectivity index (χ3v) is 4.56. The van der Waals surface area contributed by atoms with Crippen LogP contribution in [0, 0.1) is 13.8 Å². The lowest BCUT2D eigenvalue weighted by atomic mass is 9.91. The van der Waals surface area contributed by atoms with Gasteiger partial charge in [0.05, 0.1) is 16.6 Å². The smallest absolute Gasteiger partial charge is 0.127 e. The fourth-order valence-corrected chi connectivity index (χ4v) is 3.10. The first-order chi connectivity index (χ1) is 9.08. The van der Waals surface area contributed by atoms with Crippen molar-refractivity contribution in [2.75, 3.05) is 0 Å². The number of rotatable bonds is 1. The van der Waals surface area contributed by atoms with Gasteiger partial charge >= 0.3 is 0 Å². The molecule has 3 N–H and O–H groups in total. The second-order valence-electron chi connectivity index (χ2n) is 6.11. The number of nitrogens with two attached hydrogens (primary N) is 1. The summed E-state index contributed by atoms with van der Waals surface area (Å²) in [5.74, 6) is 0.981. The third-order valence-electron chi connectivity index (χ3n) is 4.56. The molecule has 0 unspecified atom stereocenters. The van der Waals surface area contributed by atoms with E-state index in [0.717, 1.165) is 29.7 Å². The number of aryl methyl sites for hydroxylation is 2. The molecule has 19 heavy (non-hydrogen) atoms. The summed E-state index contributed by atoms with van der Waals surface area (Å²) in [5.41, 5.74) is 11.1. The molecule has 0 bridgehead atoms. The van der Waals surface area contributed by atoms with Gasteiger partial charge in [-0.15, -0.1) is 0 Å². The molecule has 1 aliphatic rings. The third kappa shape index (κ3) is 2.27. The van der Waals surface area contributed by atoms with Crippen LogP contribution in [0.2, 0.25) is 0 Å². The van der Waals surface area contributed by atoms with Gasteiger partial charge in [-0.1, -0.05) is 25.7 Å². The summed E-state index contributed by atoms with van der Waals surface area (Å²) in [7, 11) is 0. The van der Waals surface area contributed by atoms with Crippen molar-refractivity contribution in [3.8, 4) is 0 Å². The number of aromatic amines is 1. The lowest BCUT2D eigenvalue weighted by Crippen LogP contribution is -2.37. The molecular weight excluding hydrogens is 234 g/mol. The van der Waals surface area contributed by atoms with E-state index in [0.29, 0.717) is 0 Å². The second-order valence-corrected chi connectivity index (χ2v) is 6.11. The van der Waals surface area contributed by atoms with Crippen LogP contribution in [0.25, 0.3) is 11.0 Å². The second kappa shape index (κ2) is 4.64. The fourth-order valence-electron chi connectivity index (χ4n) is 3.10. The standard InChI is InChI=1S/C16H23N3/c1-11-9-13-14(10-12(11)2)19-15(18-13)16(17)7-5-3-4-6-8-16/h9-10H,3-8,17H2,1-2H3,(H,18,19). The first-order valence-corrected chi connectivity index (χ1v) is 7.35. The predicted molar refractivity (Wildman–Crippen MR) is 79.1 cm³/mol. The van der Waals surface area contributed by atoms with Crippen LogP contribution in [0.1, 0.15) is 55.5 Å². The molecule has 1 aromatic carbocycles. The van der Waals surface area contributed by atoms with Gasteiger partial charge in [0, 0.05) is 0 Å². The van der Waals surface area contributed by atoms with Crippen LogP contribution in [-0.2, 0) is 5.54 Å². The molecule has 3 nitrogen and oxygen atoms in total. The Hall–Kier alpha value is -1.35. The first kappa shape index (κ1) is 12.7. The molecule has 0 atom stereocenters. The Kier molecular flexibility index (Phi) is 3.09. The Balaban J connectivity index is 2.04. The van der Waals surface area contributed by atoms with E-state index in [1.165, 1.54) is 36.8 Å². The van der Waals surface area contributed by atoms with Crippen molar-refractivity contribution >= 4 is 11.0 Å². The van der Waals surface area contributed by atoms with Crippen LogP contribution in [0.5, 0.6) is 0 Å². The lowest BCUT2D eigenvalue weighted by Gasteiger charge is -2.25. The van der Waals surface area contributed by atoms with Crippen molar-refractivity contribution in [1.29, 1.82) is 0 Å². The first-order valence-electron chi connectivity index (χ1n) is 7.35. The van der Waals surface area contributed by atoms with E-state index in [4.69, 9.17) is 10.7 Å². The van der Waals surface area contributed by atoms with Crippen molar-refractivity contribution in [2.24, 2.45) is 5.73 Å². The zero-order chi connectivity index (χ0) is 13.5. The van der Waals surface area contributed by atoms with Crippen molar-refractivity contribution in [1.82, 2.24) is 9.97 Å². The highest BCUT2D eigenvalue weighted by Crippen LogP contribution is 2.33. The normalized spacial score (nSPS) is 19.5. The van der Waals surface area contributed by atoms with E-state index in [1.807, 2.05) is 0 Å². The summed E-state index contributed by atoms with van der Waals surface area (Å²) in [6.45, 7) is 4.27. The molecule has 1 heterocycles. The molecule has 0 spiro atoms. The summed E-state index contributed by atoms with van der Waals surface area (Å²) in [6, 6.07) is 4.34. The van der Waals surface area contributed by atoms with Gasteiger partial charge < -0.3 is 10.7 Å². The van der Waals surface area contributed by atoms with Gasteiger partial charge in [0.1, 0.15) is 5.82 Å². The van der Waals surface area contributed by atoms with Crippen LogP contribution in [0.3, 0.4) is 0 Å². The Bertz CT molecular complexity index is 550. The predicted octanol–water partition coefficient (Wildman–Crippen LogP) is 3.69. The van der Waals surface area contributed by atoms with Crippen molar-refractivity contribution in [3.05, 3.63) is 29.1 Å². The summed E-state index contributed by atoms with van der Waals surface area (Å²) in [4.78, 5) is 8.24. The minimum atomic E-state index is -0.253. The largest absolute Gasteiger partial charge is 0.340 e. The number of benzene rings is 1. The number of nitrogens with one attached hydrogen (secondary N) is 1. The van der Waals surface area contributed by atoms with Gasteiger partial charge in [-0.05, 0) is 49.9 Å². The van der Waals surface area contributed by atoms with E-state index in [9.17, 15) is 0 Å². The zero-order valence-corrected chi connectivity index (χ0v) is 11.9. The molecule has 0 aliphatic heterocycles. The van der Waals surface area contributed by atoms with E-state index >= 15 is 0 Å². The van der Waals surface area contributed by atoms with Crippen LogP contribution in [0.15, 0.2) is 12.1 Å². The Morgan fingerprint density at radius 1 is 1.05 bits per heavy atom. The molecule has 1 saturated carbocycles. The van der Waals surface area contributed by atoms with Crippen molar-refractivity contribution < 1.29 is 0 Å².